The Labute approximate surface area is 115 Å². The fraction of sp³-hybridized carbons (Fsp3) is 0.0667. The van der Waals surface area contributed by atoms with Gasteiger partial charge in [-0.25, -0.2) is 4.98 Å². The van der Waals surface area contributed by atoms with Crippen LogP contribution in [0.1, 0.15) is 4.88 Å². The summed E-state index contributed by atoms with van der Waals surface area (Å²) in [6.45, 7) is 0. The molecule has 0 saturated carbocycles. The van der Waals surface area contributed by atoms with Crippen molar-refractivity contribution in [1.29, 1.82) is 5.26 Å². The summed E-state index contributed by atoms with van der Waals surface area (Å²) in [6, 6.07) is 16.5. The van der Waals surface area contributed by atoms with Gasteiger partial charge in [0.1, 0.15) is 16.6 Å². The predicted octanol–water partition coefficient (Wildman–Crippen LogP) is 3.88. The van der Waals surface area contributed by atoms with Gasteiger partial charge in [-0.05, 0) is 16.8 Å². The minimum absolute atomic E-state index is 0.639. The highest BCUT2D eigenvalue weighted by Crippen LogP contribution is 2.31. The molecule has 4 heteroatoms. The molecule has 0 aliphatic heterocycles. The minimum Gasteiger partial charge on any atom is -0.365 e. The van der Waals surface area contributed by atoms with Crippen molar-refractivity contribution in [2.45, 2.75) is 0 Å². The van der Waals surface area contributed by atoms with Crippen molar-refractivity contribution in [3.05, 3.63) is 47.3 Å². The number of nitrogens with one attached hydrogen (secondary N) is 1. The standard InChI is InChI=1S/C15H11N3S/c1-17-15-18-14(13(9-16)19-15)12-7-6-10-4-2-3-5-11(10)8-12/h2-8H,1H3,(H,17,18). The third kappa shape index (κ3) is 2.05. The van der Waals surface area contributed by atoms with Gasteiger partial charge in [0.2, 0.25) is 0 Å². The van der Waals surface area contributed by atoms with E-state index in [0.717, 1.165) is 21.8 Å². The lowest BCUT2D eigenvalue weighted by molar-refractivity contribution is 1.35. The summed E-state index contributed by atoms with van der Waals surface area (Å²) in [5, 5.41) is 15.3. The number of benzene rings is 2. The summed E-state index contributed by atoms with van der Waals surface area (Å²) in [5.74, 6) is 0. The zero-order chi connectivity index (χ0) is 13.2. The number of rotatable bonds is 2. The highest BCUT2D eigenvalue weighted by molar-refractivity contribution is 7.16. The van der Waals surface area contributed by atoms with E-state index < -0.39 is 0 Å². The van der Waals surface area contributed by atoms with Crippen molar-refractivity contribution in [3.8, 4) is 17.3 Å². The molecule has 3 rings (SSSR count). The summed E-state index contributed by atoms with van der Waals surface area (Å²) in [6.07, 6.45) is 0. The van der Waals surface area contributed by atoms with E-state index in [2.05, 4.69) is 40.6 Å². The summed E-state index contributed by atoms with van der Waals surface area (Å²) >= 11 is 1.38. The first-order chi connectivity index (χ1) is 9.31. The molecule has 0 aliphatic rings. The van der Waals surface area contributed by atoms with Crippen LogP contribution >= 0.6 is 11.3 Å². The Balaban J connectivity index is 2.19. The monoisotopic (exact) mass is 265 g/mol. The summed E-state index contributed by atoms with van der Waals surface area (Å²) in [4.78, 5) is 5.10. The van der Waals surface area contributed by atoms with Crippen LogP contribution in [0.5, 0.6) is 0 Å². The lowest BCUT2D eigenvalue weighted by Crippen LogP contribution is -1.86. The second-order valence-electron chi connectivity index (χ2n) is 4.12. The Bertz CT molecular complexity index is 783. The van der Waals surface area contributed by atoms with Crippen molar-refractivity contribution in [2.75, 3.05) is 12.4 Å². The molecule has 19 heavy (non-hydrogen) atoms. The molecule has 0 radical (unpaired) electrons. The maximum Gasteiger partial charge on any atom is 0.184 e. The summed E-state index contributed by atoms with van der Waals surface area (Å²) in [5.41, 5.74) is 1.73. The second kappa shape index (κ2) is 4.71. The highest BCUT2D eigenvalue weighted by Gasteiger charge is 2.12. The van der Waals surface area contributed by atoms with E-state index in [9.17, 15) is 5.26 Å². The summed E-state index contributed by atoms with van der Waals surface area (Å²) < 4.78 is 0. The first-order valence-corrected chi connectivity index (χ1v) is 6.71. The van der Waals surface area contributed by atoms with E-state index >= 15 is 0 Å². The molecule has 3 nitrogen and oxygen atoms in total. The van der Waals surface area contributed by atoms with E-state index in [1.165, 1.54) is 16.7 Å². The molecule has 2 aromatic carbocycles. The minimum atomic E-state index is 0.639. The Morgan fingerprint density at radius 3 is 2.68 bits per heavy atom. The van der Waals surface area contributed by atoms with Crippen LogP contribution < -0.4 is 5.32 Å². The SMILES string of the molecule is CNc1nc(-c2ccc3ccccc3c2)c(C#N)s1. The van der Waals surface area contributed by atoms with Gasteiger partial charge in [0.25, 0.3) is 0 Å². The molecule has 1 N–H and O–H groups in total. The molecule has 0 aliphatic carbocycles. The van der Waals surface area contributed by atoms with E-state index in [1.54, 1.807) is 0 Å². The molecule has 0 fully saturated rings. The first-order valence-electron chi connectivity index (χ1n) is 5.89. The van der Waals surface area contributed by atoms with Gasteiger partial charge in [0.15, 0.2) is 5.13 Å². The van der Waals surface area contributed by atoms with Crippen molar-refractivity contribution >= 4 is 27.2 Å². The van der Waals surface area contributed by atoms with Crippen LogP contribution in [0.4, 0.5) is 5.13 Å². The number of anilines is 1. The third-order valence-corrected chi connectivity index (χ3v) is 3.94. The van der Waals surface area contributed by atoms with Gasteiger partial charge in [-0.2, -0.15) is 5.26 Å². The van der Waals surface area contributed by atoms with Crippen molar-refractivity contribution < 1.29 is 0 Å². The maximum absolute atomic E-state index is 9.19. The highest BCUT2D eigenvalue weighted by atomic mass is 32.1. The number of hydrogen-bond acceptors (Lipinski definition) is 4. The lowest BCUT2D eigenvalue weighted by Gasteiger charge is -2.01. The zero-order valence-electron chi connectivity index (χ0n) is 10.3. The molecule has 0 amide bonds. The first kappa shape index (κ1) is 11.7. The fourth-order valence-corrected chi connectivity index (χ4v) is 2.77. The zero-order valence-corrected chi connectivity index (χ0v) is 11.2. The summed E-state index contributed by atoms with van der Waals surface area (Å²) in [7, 11) is 1.81. The van der Waals surface area contributed by atoms with Crippen molar-refractivity contribution in [2.24, 2.45) is 0 Å². The molecule has 1 aromatic heterocycles. The molecule has 0 bridgehead atoms. The molecular formula is C15H11N3S. The van der Waals surface area contributed by atoms with E-state index in [4.69, 9.17) is 0 Å². The topological polar surface area (TPSA) is 48.7 Å². The number of aromatic nitrogens is 1. The maximum atomic E-state index is 9.19. The smallest absolute Gasteiger partial charge is 0.184 e. The van der Waals surface area contributed by atoms with Gasteiger partial charge >= 0.3 is 0 Å². The van der Waals surface area contributed by atoms with Crippen LogP contribution in [0.15, 0.2) is 42.5 Å². The average molecular weight is 265 g/mol. The average Bonchev–Trinajstić information content (AvgIpc) is 2.90. The number of thiazole rings is 1. The number of nitriles is 1. The van der Waals surface area contributed by atoms with Gasteiger partial charge < -0.3 is 5.32 Å². The Kier molecular flexibility index (Phi) is 2.90. The van der Waals surface area contributed by atoms with Gasteiger partial charge in [0.05, 0.1) is 0 Å². The second-order valence-corrected chi connectivity index (χ2v) is 5.12. The normalized spacial score (nSPS) is 10.3. The van der Waals surface area contributed by atoms with Crippen molar-refractivity contribution in [1.82, 2.24) is 4.98 Å². The van der Waals surface area contributed by atoms with Crippen LogP contribution in [0.2, 0.25) is 0 Å². The van der Waals surface area contributed by atoms with E-state index in [0.29, 0.717) is 4.88 Å². The van der Waals surface area contributed by atoms with E-state index in [-0.39, 0.29) is 0 Å². The Morgan fingerprint density at radius 1 is 1.16 bits per heavy atom. The third-order valence-electron chi connectivity index (χ3n) is 2.97. The number of fused-ring (bicyclic) bond motifs is 1. The van der Waals surface area contributed by atoms with Crippen LogP contribution in [0.3, 0.4) is 0 Å². The van der Waals surface area contributed by atoms with Crippen LogP contribution in [0.25, 0.3) is 22.0 Å². The fourth-order valence-electron chi connectivity index (χ4n) is 2.04. The quantitative estimate of drug-likeness (QED) is 0.765. The number of nitrogens with zero attached hydrogens (tertiary/aromatic N) is 2. The van der Waals surface area contributed by atoms with Gasteiger partial charge in [0, 0.05) is 12.6 Å². The van der Waals surface area contributed by atoms with Crippen LogP contribution in [-0.4, -0.2) is 12.0 Å². The van der Waals surface area contributed by atoms with Gasteiger partial charge in [-0.1, -0.05) is 47.7 Å². The molecule has 0 spiro atoms. The van der Waals surface area contributed by atoms with Crippen LogP contribution in [-0.2, 0) is 0 Å². The lowest BCUT2D eigenvalue weighted by atomic mass is 10.0. The Hall–Kier alpha value is -2.38. The predicted molar refractivity (Wildman–Crippen MR) is 79.3 cm³/mol. The van der Waals surface area contributed by atoms with Gasteiger partial charge in [-0.3, -0.25) is 0 Å². The molecule has 92 valence electrons. The molecule has 0 atom stereocenters. The molecule has 0 saturated heterocycles. The largest absolute Gasteiger partial charge is 0.365 e. The van der Waals surface area contributed by atoms with E-state index in [1.807, 2.05) is 25.2 Å². The Morgan fingerprint density at radius 2 is 1.95 bits per heavy atom. The van der Waals surface area contributed by atoms with Gasteiger partial charge in [-0.15, -0.1) is 0 Å². The van der Waals surface area contributed by atoms with Crippen LogP contribution in [0, 0.1) is 11.3 Å². The molecular weight excluding hydrogens is 254 g/mol. The van der Waals surface area contributed by atoms with Crippen molar-refractivity contribution in [3.63, 3.8) is 0 Å². The molecule has 1 heterocycles. The molecule has 3 aromatic rings. The number of hydrogen-bond donors (Lipinski definition) is 1. The molecule has 0 unspecified atom stereocenters.